The molecule has 1 unspecified atom stereocenters. The summed E-state index contributed by atoms with van der Waals surface area (Å²) in [6.07, 6.45) is -5.28. The minimum absolute atomic E-state index is 0.0714. The Morgan fingerprint density at radius 3 is 2.50 bits per heavy atom. The molecule has 0 spiro atoms. The summed E-state index contributed by atoms with van der Waals surface area (Å²) >= 11 is 0. The van der Waals surface area contributed by atoms with E-state index < -0.39 is 41.9 Å². The Hall–Kier alpha value is -2.10. The fourth-order valence-corrected chi connectivity index (χ4v) is 3.98. The first-order valence-electron chi connectivity index (χ1n) is 6.65. The third-order valence-electron chi connectivity index (χ3n) is 3.99. The summed E-state index contributed by atoms with van der Waals surface area (Å²) in [4.78, 5) is 44.6. The Balaban J connectivity index is 2.53. The minimum Gasteiger partial charge on any atom is -0.398 e. The molecule has 130 valence electrons. The lowest BCUT2D eigenvalue weighted by atomic mass is 9.97. The van der Waals surface area contributed by atoms with Gasteiger partial charge in [-0.15, -0.1) is 0 Å². The number of aromatic amines is 1. The van der Waals surface area contributed by atoms with E-state index in [9.17, 15) is 37.1 Å². The number of H-pyrrole nitrogens is 1. The number of rotatable bonds is 1. The van der Waals surface area contributed by atoms with Crippen molar-refractivity contribution in [3.63, 3.8) is 0 Å². The Morgan fingerprint density at radius 1 is 1.33 bits per heavy atom. The first-order chi connectivity index (χ1) is 10.9. The van der Waals surface area contributed by atoms with Crippen LogP contribution in [0.25, 0.3) is 11.0 Å². The van der Waals surface area contributed by atoms with Crippen molar-refractivity contribution in [3.8, 4) is 0 Å². The molecule has 1 aliphatic rings. The number of nitrogens with two attached hydrogens (primary N) is 1. The monoisotopic (exact) mass is 365 g/mol. The molecule has 0 radical (unpaired) electrons. The first kappa shape index (κ1) is 16.7. The van der Waals surface area contributed by atoms with Crippen LogP contribution in [0, 0.1) is 0 Å². The smallest absolute Gasteiger partial charge is 0.398 e. The number of hydrogen-bond donors (Lipinski definition) is 4. The molecule has 8 nitrogen and oxygen atoms in total. The zero-order valence-electron chi connectivity index (χ0n) is 11.8. The van der Waals surface area contributed by atoms with Crippen LogP contribution in [-0.2, 0) is 17.2 Å². The van der Waals surface area contributed by atoms with Crippen LogP contribution >= 0.6 is 7.60 Å². The van der Waals surface area contributed by atoms with Crippen molar-refractivity contribution < 1.29 is 27.5 Å². The largest absolute Gasteiger partial charge is 0.418 e. The number of halogens is 3. The Bertz CT molecular complexity index is 1020. The summed E-state index contributed by atoms with van der Waals surface area (Å²) in [6, 6.07) is 0.563. The number of nitrogens with zero attached hydrogens (tertiary/aromatic N) is 1. The lowest BCUT2D eigenvalue weighted by molar-refractivity contribution is -0.136. The van der Waals surface area contributed by atoms with Crippen molar-refractivity contribution in [3.05, 3.63) is 37.9 Å². The molecule has 12 heteroatoms. The molecule has 24 heavy (non-hydrogen) atoms. The van der Waals surface area contributed by atoms with Crippen LogP contribution in [0.1, 0.15) is 23.3 Å². The van der Waals surface area contributed by atoms with Crippen LogP contribution < -0.4 is 16.9 Å². The third-order valence-corrected chi connectivity index (χ3v) is 5.26. The number of aromatic nitrogens is 2. The van der Waals surface area contributed by atoms with E-state index >= 15 is 0 Å². The molecule has 0 bridgehead atoms. The second-order valence-electron chi connectivity index (χ2n) is 5.45. The van der Waals surface area contributed by atoms with Crippen LogP contribution in [-0.4, -0.2) is 19.3 Å². The van der Waals surface area contributed by atoms with E-state index in [1.165, 1.54) is 0 Å². The Morgan fingerprint density at radius 2 is 1.96 bits per heavy atom. The van der Waals surface area contributed by atoms with Crippen molar-refractivity contribution in [2.45, 2.75) is 24.8 Å². The Labute approximate surface area is 130 Å². The number of nitrogens with one attached hydrogen (secondary N) is 1. The maximum absolute atomic E-state index is 13.1. The normalized spacial score (nSPS) is 18.1. The van der Waals surface area contributed by atoms with Gasteiger partial charge in [0.2, 0.25) is 0 Å². The average molecular weight is 365 g/mol. The molecule has 2 aromatic rings. The summed E-state index contributed by atoms with van der Waals surface area (Å²) in [6.45, 7) is 0. The van der Waals surface area contributed by atoms with Crippen LogP contribution in [0.3, 0.4) is 0 Å². The maximum Gasteiger partial charge on any atom is 0.418 e. The molecule has 1 aliphatic heterocycles. The molecular formula is C12H11F3N3O5P. The topological polar surface area (TPSA) is 138 Å². The fraction of sp³-hybridized carbons (Fsp3) is 0.333. The highest BCUT2D eigenvalue weighted by Gasteiger charge is 2.40. The summed E-state index contributed by atoms with van der Waals surface area (Å²) in [5, 5.41) is 0. The van der Waals surface area contributed by atoms with Gasteiger partial charge >= 0.3 is 24.9 Å². The molecule has 5 N–H and O–H groups in total. The summed E-state index contributed by atoms with van der Waals surface area (Å²) in [5.41, 5.74) is 0.625. The molecule has 0 aliphatic carbocycles. The van der Waals surface area contributed by atoms with E-state index in [1.807, 2.05) is 4.98 Å². The lowest BCUT2D eigenvalue weighted by Crippen LogP contribution is -2.40. The van der Waals surface area contributed by atoms with Gasteiger partial charge in [0, 0.05) is 11.3 Å². The number of nitrogen functional groups attached to an aromatic ring is 1. The molecular weight excluding hydrogens is 354 g/mol. The van der Waals surface area contributed by atoms with Crippen LogP contribution in [0.5, 0.6) is 0 Å². The molecule has 0 fully saturated rings. The second-order valence-corrected chi connectivity index (χ2v) is 7.22. The number of benzene rings is 1. The highest BCUT2D eigenvalue weighted by molar-refractivity contribution is 7.51. The van der Waals surface area contributed by atoms with Gasteiger partial charge in [-0.2, -0.15) is 13.2 Å². The van der Waals surface area contributed by atoms with Crippen molar-refractivity contribution >= 4 is 24.3 Å². The summed E-state index contributed by atoms with van der Waals surface area (Å²) in [7, 11) is -4.82. The zero-order chi connectivity index (χ0) is 18.0. The van der Waals surface area contributed by atoms with E-state index in [-0.39, 0.29) is 29.4 Å². The quantitative estimate of drug-likeness (QED) is 0.337. The van der Waals surface area contributed by atoms with Gasteiger partial charge < -0.3 is 20.5 Å². The van der Waals surface area contributed by atoms with Gasteiger partial charge in [-0.3, -0.25) is 18.7 Å². The highest BCUT2D eigenvalue weighted by Crippen LogP contribution is 2.54. The SMILES string of the molecule is Nc1c(C(F)(F)F)cc2[nH]c(=O)c(=O)n3c2c1CCC3P(=O)(O)O. The van der Waals surface area contributed by atoms with Gasteiger partial charge in [0.15, 0.2) is 0 Å². The first-order valence-corrected chi connectivity index (χ1v) is 8.33. The second kappa shape index (κ2) is 4.95. The van der Waals surface area contributed by atoms with E-state index in [0.717, 1.165) is 0 Å². The molecule has 1 atom stereocenters. The molecule has 0 saturated carbocycles. The predicted octanol–water partition coefficient (Wildman–Crippen LogP) is 0.913. The number of hydrogen-bond acceptors (Lipinski definition) is 4. The van der Waals surface area contributed by atoms with E-state index in [0.29, 0.717) is 10.6 Å². The van der Waals surface area contributed by atoms with Crippen LogP contribution in [0.2, 0.25) is 0 Å². The van der Waals surface area contributed by atoms with Crippen molar-refractivity contribution in [2.24, 2.45) is 0 Å². The molecule has 0 saturated heterocycles. The van der Waals surface area contributed by atoms with E-state index in [4.69, 9.17) is 5.73 Å². The maximum atomic E-state index is 13.1. The van der Waals surface area contributed by atoms with Gasteiger partial charge in [0.1, 0.15) is 5.78 Å². The number of anilines is 1. The zero-order valence-corrected chi connectivity index (χ0v) is 12.7. The summed E-state index contributed by atoms with van der Waals surface area (Å²) in [5.74, 6) is -1.63. The molecule has 1 aromatic heterocycles. The van der Waals surface area contributed by atoms with Crippen molar-refractivity contribution in [1.29, 1.82) is 0 Å². The van der Waals surface area contributed by atoms with Gasteiger partial charge in [-0.05, 0) is 18.9 Å². The van der Waals surface area contributed by atoms with Crippen LogP contribution in [0.15, 0.2) is 15.7 Å². The fourth-order valence-electron chi connectivity index (χ4n) is 2.99. The Kier molecular flexibility index (Phi) is 3.45. The minimum atomic E-state index is -4.82. The summed E-state index contributed by atoms with van der Waals surface area (Å²) < 4.78 is 51.5. The number of alkyl halides is 3. The predicted molar refractivity (Wildman–Crippen MR) is 77.6 cm³/mol. The molecule has 2 heterocycles. The standard InChI is InChI=1S/C12H11F3N3O5P/c13-12(14,15)5-3-6-9-4(8(5)16)1-2-7(24(21,22)23)18(9)11(20)10(19)17-6/h3,7H,1-2,16H2,(H,17,19)(H2,21,22,23). The van der Waals surface area contributed by atoms with Crippen molar-refractivity contribution in [1.82, 2.24) is 9.55 Å². The lowest BCUT2D eigenvalue weighted by Gasteiger charge is -2.29. The van der Waals surface area contributed by atoms with Gasteiger partial charge in [-0.1, -0.05) is 0 Å². The van der Waals surface area contributed by atoms with Crippen molar-refractivity contribution in [2.75, 3.05) is 5.73 Å². The van der Waals surface area contributed by atoms with Gasteiger partial charge in [-0.25, -0.2) is 0 Å². The third kappa shape index (κ3) is 2.36. The van der Waals surface area contributed by atoms with E-state index in [2.05, 4.69) is 0 Å². The van der Waals surface area contributed by atoms with E-state index in [1.54, 1.807) is 0 Å². The number of aryl methyl sites for hydroxylation is 1. The molecule has 1 aromatic carbocycles. The highest BCUT2D eigenvalue weighted by atomic mass is 31.2. The molecule has 3 rings (SSSR count). The average Bonchev–Trinajstić information content (AvgIpc) is 2.44. The molecule has 0 amide bonds. The van der Waals surface area contributed by atoms with Crippen LogP contribution in [0.4, 0.5) is 18.9 Å². The van der Waals surface area contributed by atoms with Gasteiger partial charge in [0.25, 0.3) is 0 Å². The van der Waals surface area contributed by atoms with Gasteiger partial charge in [0.05, 0.1) is 16.6 Å².